The number of halogens is 1. The Hall–Kier alpha value is -2.95. The molecule has 0 bridgehead atoms. The van der Waals surface area contributed by atoms with E-state index in [2.05, 4.69) is 27.4 Å². The first-order valence-corrected chi connectivity index (χ1v) is 7.31. The minimum atomic E-state index is -0.299. The van der Waals surface area contributed by atoms with E-state index in [1.54, 1.807) is 18.3 Å². The molecule has 5 heteroatoms. The van der Waals surface area contributed by atoms with Gasteiger partial charge in [0.05, 0.1) is 0 Å². The zero-order chi connectivity index (χ0) is 16.1. The van der Waals surface area contributed by atoms with Crippen molar-refractivity contribution >= 4 is 17.5 Å². The van der Waals surface area contributed by atoms with Crippen LogP contribution in [0.4, 0.5) is 21.8 Å². The second-order valence-corrected chi connectivity index (χ2v) is 5.22. The van der Waals surface area contributed by atoms with Crippen LogP contribution in [0.1, 0.15) is 5.56 Å². The maximum Gasteiger partial charge on any atom is 0.229 e. The molecule has 1 N–H and O–H groups in total. The van der Waals surface area contributed by atoms with Crippen molar-refractivity contribution in [2.24, 2.45) is 0 Å². The molecule has 1 heterocycles. The van der Waals surface area contributed by atoms with E-state index >= 15 is 0 Å². The molecule has 3 aromatic rings. The van der Waals surface area contributed by atoms with Gasteiger partial charge >= 0.3 is 0 Å². The van der Waals surface area contributed by atoms with Crippen molar-refractivity contribution in [3.63, 3.8) is 0 Å². The smallest absolute Gasteiger partial charge is 0.229 e. The summed E-state index contributed by atoms with van der Waals surface area (Å²) in [5, 5.41) is 3.01. The molecule has 23 heavy (non-hydrogen) atoms. The Labute approximate surface area is 134 Å². The third kappa shape index (κ3) is 4.03. The first kappa shape index (κ1) is 15.0. The molecular weight excluding hydrogens is 291 g/mol. The quantitative estimate of drug-likeness (QED) is 0.773. The van der Waals surface area contributed by atoms with Gasteiger partial charge in [-0.15, -0.1) is 0 Å². The molecule has 116 valence electrons. The van der Waals surface area contributed by atoms with E-state index in [4.69, 9.17) is 0 Å². The van der Waals surface area contributed by atoms with E-state index < -0.39 is 0 Å². The second kappa shape index (κ2) is 6.87. The molecule has 4 nitrogen and oxygen atoms in total. The van der Waals surface area contributed by atoms with Crippen LogP contribution >= 0.6 is 0 Å². The molecule has 0 atom stereocenters. The maximum atomic E-state index is 13.2. The van der Waals surface area contributed by atoms with Crippen molar-refractivity contribution in [2.75, 3.05) is 17.3 Å². The van der Waals surface area contributed by atoms with Crippen LogP contribution in [0.5, 0.6) is 0 Å². The fraction of sp³-hybridized carbons (Fsp3) is 0.111. The third-order valence-corrected chi connectivity index (χ3v) is 3.38. The highest BCUT2D eigenvalue weighted by Gasteiger charge is 2.06. The molecule has 0 aliphatic carbocycles. The summed E-state index contributed by atoms with van der Waals surface area (Å²) in [7, 11) is 1.97. The average Bonchev–Trinajstić information content (AvgIpc) is 2.56. The van der Waals surface area contributed by atoms with Crippen molar-refractivity contribution in [1.82, 2.24) is 9.97 Å². The van der Waals surface area contributed by atoms with Crippen molar-refractivity contribution in [1.29, 1.82) is 0 Å². The van der Waals surface area contributed by atoms with Gasteiger partial charge in [-0.2, -0.15) is 4.98 Å². The highest BCUT2D eigenvalue weighted by Crippen LogP contribution is 2.17. The Morgan fingerprint density at radius 1 is 1.04 bits per heavy atom. The Bertz CT molecular complexity index is 777. The number of nitrogens with zero attached hydrogens (tertiary/aromatic N) is 3. The van der Waals surface area contributed by atoms with Gasteiger partial charge < -0.3 is 10.2 Å². The summed E-state index contributed by atoms with van der Waals surface area (Å²) in [5.74, 6) is 0.933. The summed E-state index contributed by atoms with van der Waals surface area (Å²) in [6.07, 6.45) is 1.69. The molecule has 1 aromatic heterocycles. The van der Waals surface area contributed by atoms with Crippen LogP contribution in [0, 0.1) is 5.82 Å². The zero-order valence-electron chi connectivity index (χ0n) is 12.8. The van der Waals surface area contributed by atoms with Gasteiger partial charge in [-0.3, -0.25) is 0 Å². The number of benzene rings is 2. The lowest BCUT2D eigenvalue weighted by molar-refractivity contribution is 0.628. The van der Waals surface area contributed by atoms with Gasteiger partial charge in [0.1, 0.15) is 11.6 Å². The second-order valence-electron chi connectivity index (χ2n) is 5.22. The van der Waals surface area contributed by atoms with Gasteiger partial charge in [0.25, 0.3) is 0 Å². The van der Waals surface area contributed by atoms with Crippen molar-refractivity contribution < 1.29 is 4.39 Å². The number of rotatable bonds is 5. The number of hydrogen-bond acceptors (Lipinski definition) is 4. The average molecular weight is 308 g/mol. The van der Waals surface area contributed by atoms with Crippen molar-refractivity contribution in [2.45, 2.75) is 6.54 Å². The third-order valence-electron chi connectivity index (χ3n) is 3.38. The van der Waals surface area contributed by atoms with E-state index in [1.165, 1.54) is 17.7 Å². The lowest BCUT2D eigenvalue weighted by Gasteiger charge is -2.18. The molecule has 0 radical (unpaired) electrons. The van der Waals surface area contributed by atoms with E-state index in [9.17, 15) is 4.39 Å². The van der Waals surface area contributed by atoms with Gasteiger partial charge in [-0.1, -0.05) is 36.4 Å². The number of hydrogen-bond donors (Lipinski definition) is 1. The molecule has 2 aromatic carbocycles. The summed E-state index contributed by atoms with van der Waals surface area (Å²) in [4.78, 5) is 10.7. The first-order chi connectivity index (χ1) is 11.2. The van der Waals surface area contributed by atoms with Crippen LogP contribution < -0.4 is 10.2 Å². The van der Waals surface area contributed by atoms with Crippen molar-refractivity contribution in [3.05, 3.63) is 78.2 Å². The molecule has 3 rings (SSSR count). The van der Waals surface area contributed by atoms with Crippen LogP contribution in [-0.4, -0.2) is 17.0 Å². The topological polar surface area (TPSA) is 41.1 Å². The van der Waals surface area contributed by atoms with Crippen molar-refractivity contribution in [3.8, 4) is 0 Å². The first-order valence-electron chi connectivity index (χ1n) is 7.31. The molecule has 0 aliphatic heterocycles. The normalized spacial score (nSPS) is 10.3. The van der Waals surface area contributed by atoms with E-state index in [1.807, 2.05) is 36.2 Å². The standard InChI is InChI=1S/C18H17FN4/c1-23(13-14-6-3-2-4-7-14)17-10-11-20-18(22-17)21-16-9-5-8-15(19)12-16/h2-12H,13H2,1H3,(H,20,21,22). The van der Waals surface area contributed by atoms with Crippen LogP contribution in [0.2, 0.25) is 0 Å². The van der Waals surface area contributed by atoms with Crippen LogP contribution in [-0.2, 0) is 6.54 Å². The number of anilines is 3. The predicted octanol–water partition coefficient (Wildman–Crippen LogP) is 4.00. The molecule has 0 aliphatic rings. The highest BCUT2D eigenvalue weighted by atomic mass is 19.1. The summed E-state index contributed by atoms with van der Waals surface area (Å²) in [6.45, 7) is 0.747. The summed E-state index contributed by atoms with van der Waals surface area (Å²) in [6, 6.07) is 18.2. The maximum absolute atomic E-state index is 13.2. The van der Waals surface area contributed by atoms with Gasteiger partial charge in [-0.05, 0) is 29.8 Å². The van der Waals surface area contributed by atoms with E-state index in [-0.39, 0.29) is 5.82 Å². The molecule has 0 saturated heterocycles. The fourth-order valence-corrected chi connectivity index (χ4v) is 2.26. The Morgan fingerprint density at radius 3 is 2.65 bits per heavy atom. The Kier molecular flexibility index (Phi) is 4.47. The number of nitrogens with one attached hydrogen (secondary N) is 1. The van der Waals surface area contributed by atoms with Gasteiger partial charge in [0.15, 0.2) is 0 Å². The van der Waals surface area contributed by atoms with Crippen LogP contribution in [0.3, 0.4) is 0 Å². The summed E-state index contributed by atoms with van der Waals surface area (Å²) < 4.78 is 13.2. The minimum absolute atomic E-state index is 0.299. The predicted molar refractivity (Wildman–Crippen MR) is 90.3 cm³/mol. The monoisotopic (exact) mass is 308 g/mol. The van der Waals surface area contributed by atoms with Gasteiger partial charge in [0, 0.05) is 25.5 Å². The molecule has 0 fully saturated rings. The van der Waals surface area contributed by atoms with Gasteiger partial charge in [-0.25, -0.2) is 9.37 Å². The highest BCUT2D eigenvalue weighted by molar-refractivity contribution is 5.54. The van der Waals surface area contributed by atoms with E-state index in [0.717, 1.165) is 12.4 Å². The lowest BCUT2D eigenvalue weighted by Crippen LogP contribution is -2.18. The summed E-state index contributed by atoms with van der Waals surface area (Å²) >= 11 is 0. The molecule has 0 unspecified atom stereocenters. The molecule has 0 saturated carbocycles. The Morgan fingerprint density at radius 2 is 1.87 bits per heavy atom. The van der Waals surface area contributed by atoms with E-state index in [0.29, 0.717) is 11.6 Å². The molecular formula is C18H17FN4. The molecule has 0 amide bonds. The summed E-state index contributed by atoms with van der Waals surface area (Å²) in [5.41, 5.74) is 1.82. The fourth-order valence-electron chi connectivity index (χ4n) is 2.26. The minimum Gasteiger partial charge on any atom is -0.355 e. The lowest BCUT2D eigenvalue weighted by atomic mass is 10.2. The number of aromatic nitrogens is 2. The largest absolute Gasteiger partial charge is 0.355 e. The van der Waals surface area contributed by atoms with Gasteiger partial charge in [0.2, 0.25) is 5.95 Å². The zero-order valence-corrected chi connectivity index (χ0v) is 12.8. The SMILES string of the molecule is CN(Cc1ccccc1)c1ccnc(Nc2cccc(F)c2)n1. The van der Waals surface area contributed by atoms with Crippen LogP contribution in [0.25, 0.3) is 0 Å². The molecule has 0 spiro atoms. The van der Waals surface area contributed by atoms with Crippen LogP contribution in [0.15, 0.2) is 66.9 Å². The Balaban J connectivity index is 1.74.